The first kappa shape index (κ1) is 14.9. The second kappa shape index (κ2) is 5.77. The second-order valence-electron chi connectivity index (χ2n) is 6.13. The fourth-order valence-corrected chi connectivity index (χ4v) is 5.56. The molecule has 0 fully saturated rings. The van der Waals surface area contributed by atoms with Crippen LogP contribution in [0.1, 0.15) is 16.7 Å². The van der Waals surface area contributed by atoms with Crippen LogP contribution in [-0.2, 0) is 0 Å². The smallest absolute Gasteiger partial charge is 0.0268 e. The molecule has 114 valence electrons. The predicted octanol–water partition coefficient (Wildman–Crippen LogP) is 7.06. The van der Waals surface area contributed by atoms with Gasteiger partial charge >= 0.3 is 0 Å². The molecule has 1 aliphatic rings. The first-order valence-electron chi connectivity index (χ1n) is 7.79. The van der Waals surface area contributed by atoms with Crippen molar-refractivity contribution in [2.45, 2.75) is 30.6 Å². The first-order valence-corrected chi connectivity index (χ1v) is 9.94. The Labute approximate surface area is 145 Å². The van der Waals surface area contributed by atoms with E-state index in [9.17, 15) is 0 Å². The molecule has 3 aromatic carbocycles. The molecule has 1 heterocycles. The summed E-state index contributed by atoms with van der Waals surface area (Å²) in [5.74, 6) is 0. The minimum Gasteiger partial charge on any atom is -0.0622 e. The van der Waals surface area contributed by atoms with E-state index in [-0.39, 0.29) is 0 Å². The lowest BCUT2D eigenvalue weighted by atomic mass is 9.93. The molecule has 0 bridgehead atoms. The van der Waals surface area contributed by atoms with E-state index in [1.165, 1.54) is 48.7 Å². The van der Waals surface area contributed by atoms with Crippen LogP contribution in [0.15, 0.2) is 64.4 Å². The maximum absolute atomic E-state index is 2.38. The minimum atomic E-state index is 1.29. The number of hydrogen-bond donors (Lipinski definition) is 0. The summed E-state index contributed by atoms with van der Waals surface area (Å²) in [6.07, 6.45) is 0. The van der Waals surface area contributed by atoms with Crippen molar-refractivity contribution in [3.05, 3.63) is 71.3 Å². The molecule has 0 saturated carbocycles. The maximum Gasteiger partial charge on any atom is 0.0268 e. The predicted molar refractivity (Wildman–Crippen MR) is 103 cm³/mol. The third-order valence-corrected chi connectivity index (χ3v) is 6.96. The Morgan fingerprint density at radius 2 is 1.13 bits per heavy atom. The number of hydrogen-bond acceptors (Lipinski definition) is 2. The molecule has 23 heavy (non-hydrogen) atoms. The molecule has 0 N–H and O–H groups in total. The molecule has 0 aromatic heterocycles. The average Bonchev–Trinajstić information content (AvgIpc) is 2.56. The van der Waals surface area contributed by atoms with Crippen molar-refractivity contribution in [3.8, 4) is 22.3 Å². The van der Waals surface area contributed by atoms with E-state index in [1.807, 2.05) is 21.6 Å². The Hall–Kier alpha value is -1.64. The number of fused-ring (bicyclic) bond motifs is 3. The van der Waals surface area contributed by atoms with Gasteiger partial charge in [-0.15, -0.1) is 0 Å². The molecule has 0 spiro atoms. The molecule has 2 heteroatoms. The lowest BCUT2D eigenvalue weighted by Crippen LogP contribution is -1.95. The zero-order valence-electron chi connectivity index (χ0n) is 13.5. The molecule has 1 aliphatic heterocycles. The summed E-state index contributed by atoms with van der Waals surface area (Å²) in [5, 5.41) is 0. The van der Waals surface area contributed by atoms with Gasteiger partial charge in [-0.05, 0) is 84.0 Å². The van der Waals surface area contributed by atoms with Crippen LogP contribution in [0.4, 0.5) is 0 Å². The highest BCUT2D eigenvalue weighted by Gasteiger charge is 2.20. The Kier molecular flexibility index (Phi) is 3.74. The van der Waals surface area contributed by atoms with E-state index in [4.69, 9.17) is 0 Å². The van der Waals surface area contributed by atoms with E-state index < -0.39 is 0 Å². The van der Waals surface area contributed by atoms with Gasteiger partial charge in [0, 0.05) is 9.79 Å². The lowest BCUT2D eigenvalue weighted by Gasteiger charge is -2.22. The highest BCUT2D eigenvalue weighted by molar-refractivity contribution is 8.76. The second-order valence-corrected chi connectivity index (χ2v) is 8.34. The van der Waals surface area contributed by atoms with Gasteiger partial charge in [-0.3, -0.25) is 0 Å². The van der Waals surface area contributed by atoms with Crippen molar-refractivity contribution >= 4 is 21.6 Å². The van der Waals surface area contributed by atoms with Crippen LogP contribution in [0.2, 0.25) is 0 Å². The van der Waals surface area contributed by atoms with Gasteiger partial charge in [0.05, 0.1) is 0 Å². The molecular weight excluding hydrogens is 316 g/mol. The fraction of sp³-hybridized carbons (Fsp3) is 0.143. The van der Waals surface area contributed by atoms with Crippen molar-refractivity contribution < 1.29 is 0 Å². The Bertz CT molecular complexity index is 895. The topological polar surface area (TPSA) is 0 Å². The van der Waals surface area contributed by atoms with Crippen molar-refractivity contribution in [1.29, 1.82) is 0 Å². The van der Waals surface area contributed by atoms with E-state index >= 15 is 0 Å². The summed E-state index contributed by atoms with van der Waals surface area (Å²) >= 11 is 0. The molecular formula is C21H18S2. The molecule has 0 radical (unpaired) electrons. The molecule has 0 saturated heterocycles. The quantitative estimate of drug-likeness (QED) is 0.437. The van der Waals surface area contributed by atoms with Crippen LogP contribution in [0.25, 0.3) is 22.3 Å². The van der Waals surface area contributed by atoms with E-state index in [2.05, 4.69) is 75.4 Å². The van der Waals surface area contributed by atoms with Gasteiger partial charge < -0.3 is 0 Å². The number of aryl methyl sites for hydroxylation is 3. The van der Waals surface area contributed by atoms with Gasteiger partial charge in [-0.1, -0.05) is 51.9 Å². The van der Waals surface area contributed by atoms with Gasteiger partial charge in [0.2, 0.25) is 0 Å². The van der Waals surface area contributed by atoms with E-state index in [0.717, 1.165) is 0 Å². The molecule has 4 rings (SSSR count). The van der Waals surface area contributed by atoms with Gasteiger partial charge in [-0.25, -0.2) is 0 Å². The summed E-state index contributed by atoms with van der Waals surface area (Å²) in [6.45, 7) is 6.61. The van der Waals surface area contributed by atoms with Gasteiger partial charge in [0.25, 0.3) is 0 Å². The SMILES string of the molecule is Cc1cc2c(cc1C)-c1cc(-c3ccccc3)c(C)cc1SS2. The summed E-state index contributed by atoms with van der Waals surface area (Å²) in [5.41, 5.74) is 9.46. The summed E-state index contributed by atoms with van der Waals surface area (Å²) < 4.78 is 0. The van der Waals surface area contributed by atoms with Crippen LogP contribution in [0.3, 0.4) is 0 Å². The maximum atomic E-state index is 2.38. The molecule has 0 nitrogen and oxygen atoms in total. The zero-order chi connectivity index (χ0) is 16.0. The number of rotatable bonds is 1. The van der Waals surface area contributed by atoms with Gasteiger partial charge in [0.15, 0.2) is 0 Å². The monoisotopic (exact) mass is 334 g/mol. The fourth-order valence-electron chi connectivity index (χ4n) is 3.05. The Balaban J connectivity index is 1.95. The third-order valence-electron chi connectivity index (χ3n) is 4.52. The normalized spacial score (nSPS) is 12.7. The van der Waals surface area contributed by atoms with E-state index in [1.54, 1.807) is 0 Å². The minimum absolute atomic E-state index is 1.29. The summed E-state index contributed by atoms with van der Waals surface area (Å²) in [7, 11) is 3.76. The van der Waals surface area contributed by atoms with E-state index in [0.29, 0.717) is 0 Å². The van der Waals surface area contributed by atoms with Crippen molar-refractivity contribution in [2.75, 3.05) is 0 Å². The molecule has 3 aromatic rings. The van der Waals surface area contributed by atoms with Crippen molar-refractivity contribution in [2.24, 2.45) is 0 Å². The summed E-state index contributed by atoms with van der Waals surface area (Å²) in [6, 6.07) is 20.1. The van der Waals surface area contributed by atoms with Crippen LogP contribution in [0.5, 0.6) is 0 Å². The zero-order valence-corrected chi connectivity index (χ0v) is 15.1. The summed E-state index contributed by atoms with van der Waals surface area (Å²) in [4.78, 5) is 2.76. The lowest BCUT2D eigenvalue weighted by molar-refractivity contribution is 1.26. The Morgan fingerprint density at radius 1 is 0.565 bits per heavy atom. The highest BCUT2D eigenvalue weighted by Crippen LogP contribution is 2.52. The van der Waals surface area contributed by atoms with Gasteiger partial charge in [-0.2, -0.15) is 0 Å². The van der Waals surface area contributed by atoms with Crippen molar-refractivity contribution in [3.63, 3.8) is 0 Å². The van der Waals surface area contributed by atoms with Gasteiger partial charge in [0.1, 0.15) is 0 Å². The molecule has 0 atom stereocenters. The number of benzene rings is 3. The average molecular weight is 335 g/mol. The molecule has 0 aliphatic carbocycles. The van der Waals surface area contributed by atoms with Crippen molar-refractivity contribution in [1.82, 2.24) is 0 Å². The Morgan fingerprint density at radius 3 is 1.83 bits per heavy atom. The highest BCUT2D eigenvalue weighted by atomic mass is 33.1. The van der Waals surface area contributed by atoms with Crippen LogP contribution >= 0.6 is 21.6 Å². The third kappa shape index (κ3) is 2.60. The van der Waals surface area contributed by atoms with Crippen LogP contribution in [-0.4, -0.2) is 0 Å². The molecule has 0 unspecified atom stereocenters. The largest absolute Gasteiger partial charge is 0.0622 e. The van der Waals surface area contributed by atoms with Crippen LogP contribution < -0.4 is 0 Å². The first-order chi connectivity index (χ1) is 11.1. The molecule has 0 amide bonds. The van der Waals surface area contributed by atoms with Crippen LogP contribution in [0, 0.1) is 20.8 Å². The standard InChI is InChI=1S/C21H18S2/c1-13-9-18-19-12-17(16-7-5-4-6-8-16)15(3)11-21(19)23-22-20(18)10-14(13)2/h4-12H,1-3H3.